The van der Waals surface area contributed by atoms with E-state index in [9.17, 15) is 23.3 Å². The second kappa shape index (κ2) is 16.2. The first-order valence-corrected chi connectivity index (χ1v) is 21.2. The monoisotopic (exact) mass is 814 g/mol. The Balaban J connectivity index is 0.980. The first-order chi connectivity index (χ1) is 28.7. The summed E-state index contributed by atoms with van der Waals surface area (Å²) < 4.78 is 46.6. The van der Waals surface area contributed by atoms with Crippen LogP contribution in [0.15, 0.2) is 114 Å². The third-order valence-corrected chi connectivity index (χ3v) is 12.4. The molecule has 59 heavy (non-hydrogen) atoms. The van der Waals surface area contributed by atoms with Gasteiger partial charge >= 0.3 is 0 Å². The molecule has 4 heterocycles. The van der Waals surface area contributed by atoms with Gasteiger partial charge in [0.05, 0.1) is 53.5 Å². The van der Waals surface area contributed by atoms with E-state index in [4.69, 9.17) is 14.2 Å². The molecule has 0 spiro atoms. The number of rotatable bonds is 13. The molecule has 302 valence electrons. The van der Waals surface area contributed by atoms with Crippen molar-refractivity contribution >= 4 is 44.0 Å². The normalized spacial score (nSPS) is 18.1. The number of pyridine rings is 1. The molecule has 3 aliphatic rings. The summed E-state index contributed by atoms with van der Waals surface area (Å²) in [5.74, 6) is 0.101. The van der Waals surface area contributed by atoms with Gasteiger partial charge in [0.25, 0.3) is 21.6 Å². The highest BCUT2D eigenvalue weighted by Crippen LogP contribution is 2.46. The van der Waals surface area contributed by atoms with Gasteiger partial charge in [-0.2, -0.15) is 0 Å². The van der Waals surface area contributed by atoms with Gasteiger partial charge in [0.1, 0.15) is 22.8 Å². The molecular formula is C44H42N6O8S. The Morgan fingerprint density at radius 2 is 1.76 bits per heavy atom. The molecule has 2 aromatic heterocycles. The molecule has 14 nitrogen and oxygen atoms in total. The van der Waals surface area contributed by atoms with Gasteiger partial charge in [-0.3, -0.25) is 14.9 Å². The van der Waals surface area contributed by atoms with Crippen LogP contribution in [0.3, 0.4) is 0 Å². The summed E-state index contributed by atoms with van der Waals surface area (Å²) in [6.45, 7) is 2.38. The molecule has 4 aromatic carbocycles. The van der Waals surface area contributed by atoms with E-state index in [-0.39, 0.29) is 29.6 Å². The summed E-state index contributed by atoms with van der Waals surface area (Å²) in [5, 5.41) is 15.8. The van der Waals surface area contributed by atoms with E-state index >= 15 is 0 Å². The number of nitrogens with one attached hydrogen (secondary N) is 3. The van der Waals surface area contributed by atoms with Gasteiger partial charge < -0.3 is 29.4 Å². The lowest BCUT2D eigenvalue weighted by molar-refractivity contribution is -0.384. The highest BCUT2D eigenvalue weighted by molar-refractivity contribution is 7.90. The molecule has 1 aliphatic carbocycles. The third kappa shape index (κ3) is 8.22. The summed E-state index contributed by atoms with van der Waals surface area (Å²) in [6.07, 6.45) is 7.65. The van der Waals surface area contributed by atoms with Gasteiger partial charge in [-0.1, -0.05) is 42.5 Å². The second-order valence-corrected chi connectivity index (χ2v) is 16.7. The van der Waals surface area contributed by atoms with Crippen LogP contribution in [-0.4, -0.2) is 68.2 Å². The van der Waals surface area contributed by atoms with Crippen molar-refractivity contribution in [3.8, 4) is 22.6 Å². The number of aromatic nitrogens is 2. The van der Waals surface area contributed by atoms with Crippen LogP contribution in [-0.2, 0) is 19.5 Å². The van der Waals surface area contributed by atoms with Crippen LogP contribution in [0, 0.1) is 10.1 Å². The van der Waals surface area contributed by atoms with E-state index in [1.54, 1.807) is 24.4 Å². The first kappa shape index (κ1) is 38.2. The van der Waals surface area contributed by atoms with Gasteiger partial charge in [-0.15, -0.1) is 0 Å². The largest absolute Gasteiger partial charge is 0.455 e. The van der Waals surface area contributed by atoms with Crippen molar-refractivity contribution in [3.05, 3.63) is 136 Å². The summed E-state index contributed by atoms with van der Waals surface area (Å²) in [5.41, 5.74) is 5.83. The second-order valence-electron chi connectivity index (χ2n) is 15.0. The molecule has 3 N–H and O–H groups in total. The number of hydrogen-bond acceptors (Lipinski definition) is 11. The number of nitro groups is 1. The van der Waals surface area contributed by atoms with Crippen molar-refractivity contribution in [2.45, 2.75) is 48.6 Å². The number of nitro benzene ring substituents is 1. The van der Waals surface area contributed by atoms with E-state index in [1.807, 2.05) is 18.2 Å². The van der Waals surface area contributed by atoms with Crippen LogP contribution in [0.4, 0.5) is 17.1 Å². The smallest absolute Gasteiger partial charge is 0.293 e. The lowest BCUT2D eigenvalue weighted by Gasteiger charge is -2.29. The van der Waals surface area contributed by atoms with E-state index in [2.05, 4.69) is 61.3 Å². The van der Waals surface area contributed by atoms with Crippen LogP contribution < -0.4 is 19.7 Å². The summed E-state index contributed by atoms with van der Waals surface area (Å²) in [6, 6.07) is 29.4. The highest BCUT2D eigenvalue weighted by Gasteiger charge is 2.33. The lowest BCUT2D eigenvalue weighted by Crippen LogP contribution is -2.34. The van der Waals surface area contributed by atoms with Gasteiger partial charge in [-0.25, -0.2) is 18.1 Å². The minimum Gasteiger partial charge on any atom is -0.455 e. The van der Waals surface area contributed by atoms with Gasteiger partial charge in [0, 0.05) is 36.4 Å². The molecule has 2 atom stereocenters. The average Bonchev–Trinajstić information content (AvgIpc) is 3.79. The highest BCUT2D eigenvalue weighted by atomic mass is 32.2. The maximum Gasteiger partial charge on any atom is 0.293 e. The molecule has 2 aliphatic heterocycles. The number of amides is 1. The quantitative estimate of drug-likeness (QED) is 0.0758. The standard InChI is InChI=1S/C44H42N6O8S/c51-44(48-59(54,55)35-14-16-39(41(24-35)50(52)53)46-26-34-27-56-20-21-57-34)38-15-11-30(23-42(38)58-33-22-31-17-18-45-43(31)47-25-33)28-9-12-32(13-10-28)49-19-3-6-40(49)37-5-2-1-4-36(37)29-7-8-29/h1-2,4-5,9-18,22-25,29,34,40,46H,3,6-8,19-21,26-27H2,(H,45,47)(H,48,51)/t34-,40+/m1/s1. The fourth-order valence-corrected chi connectivity index (χ4v) is 8.98. The zero-order valence-corrected chi connectivity index (χ0v) is 32.8. The Bertz CT molecular complexity index is 2640. The van der Waals surface area contributed by atoms with E-state index in [0.29, 0.717) is 43.2 Å². The SMILES string of the molecule is O=C(NS(=O)(=O)c1ccc(NC[C@@H]2COCCO2)c([N+](=O)[O-])c1)c1ccc(-c2ccc(N3CCC[C@H]3c3ccccc3C3CC3)cc2)cc1Oc1cnc2[nH]ccc2c1. The van der Waals surface area contributed by atoms with Crippen molar-refractivity contribution in [1.82, 2.24) is 14.7 Å². The maximum atomic E-state index is 13.9. The Morgan fingerprint density at radius 1 is 0.949 bits per heavy atom. The van der Waals surface area contributed by atoms with Gasteiger partial charge in [0.2, 0.25) is 0 Å². The molecule has 0 bridgehead atoms. The fraction of sp³-hybridized carbons (Fsp3) is 0.273. The fourth-order valence-electron chi connectivity index (χ4n) is 7.99. The van der Waals surface area contributed by atoms with Crippen LogP contribution in [0.5, 0.6) is 11.5 Å². The van der Waals surface area contributed by atoms with Crippen molar-refractivity contribution < 1.29 is 32.3 Å². The van der Waals surface area contributed by atoms with E-state index in [1.165, 1.54) is 48.4 Å². The molecule has 15 heteroatoms. The number of nitrogens with zero attached hydrogens (tertiary/aromatic N) is 3. The van der Waals surface area contributed by atoms with Crippen molar-refractivity contribution in [2.75, 3.05) is 43.1 Å². The third-order valence-electron chi connectivity index (χ3n) is 11.1. The molecule has 2 saturated heterocycles. The molecule has 6 aromatic rings. The Hall–Kier alpha value is -6.29. The molecule has 1 saturated carbocycles. The van der Waals surface area contributed by atoms with Crippen molar-refractivity contribution in [1.29, 1.82) is 0 Å². The van der Waals surface area contributed by atoms with Crippen molar-refractivity contribution in [3.63, 3.8) is 0 Å². The van der Waals surface area contributed by atoms with Gasteiger partial charge in [0.15, 0.2) is 0 Å². The predicted molar refractivity (Wildman–Crippen MR) is 223 cm³/mol. The van der Waals surface area contributed by atoms with E-state index in [0.717, 1.165) is 47.7 Å². The number of aromatic amines is 1. The first-order valence-electron chi connectivity index (χ1n) is 19.7. The Kier molecular flexibility index (Phi) is 10.5. The number of hydrogen-bond donors (Lipinski definition) is 3. The van der Waals surface area contributed by atoms with Crippen molar-refractivity contribution in [2.24, 2.45) is 0 Å². The number of sulfonamides is 1. The maximum absolute atomic E-state index is 13.9. The number of H-pyrrole nitrogens is 1. The van der Waals surface area contributed by atoms with Crippen LogP contribution in [0.25, 0.3) is 22.2 Å². The minimum absolute atomic E-state index is 0.0696. The number of fused-ring (bicyclic) bond motifs is 1. The summed E-state index contributed by atoms with van der Waals surface area (Å²) in [4.78, 5) is 34.7. The molecule has 9 rings (SSSR count). The topological polar surface area (TPSA) is 178 Å². The van der Waals surface area contributed by atoms with E-state index < -0.39 is 31.4 Å². The number of ether oxygens (including phenoxy) is 3. The molecule has 1 amide bonds. The summed E-state index contributed by atoms with van der Waals surface area (Å²) in [7, 11) is -4.58. The number of carbonyl (C=O) groups is 1. The predicted octanol–water partition coefficient (Wildman–Crippen LogP) is 8.10. The van der Waals surface area contributed by atoms with Crippen LogP contribution in [0.1, 0.15) is 59.1 Å². The number of carbonyl (C=O) groups excluding carboxylic acids is 1. The molecule has 3 fully saturated rings. The number of benzene rings is 4. The number of anilines is 2. The Labute approximate surface area is 340 Å². The Morgan fingerprint density at radius 3 is 2.54 bits per heavy atom. The molecule has 0 unspecified atom stereocenters. The van der Waals surface area contributed by atoms with Gasteiger partial charge in [-0.05, 0) is 102 Å². The molecule has 0 radical (unpaired) electrons. The van der Waals surface area contributed by atoms with Crippen LogP contribution in [0.2, 0.25) is 0 Å². The minimum atomic E-state index is -4.58. The molecular weight excluding hydrogens is 773 g/mol. The van der Waals surface area contributed by atoms with Crippen LogP contribution >= 0.6 is 0 Å². The lowest BCUT2D eigenvalue weighted by atomic mass is 9.95. The average molecular weight is 815 g/mol. The zero-order chi connectivity index (χ0) is 40.5. The summed E-state index contributed by atoms with van der Waals surface area (Å²) >= 11 is 0. The zero-order valence-electron chi connectivity index (χ0n) is 32.0.